The number of rotatable bonds is 8. The average Bonchev–Trinajstić information content (AvgIpc) is 3.09. The van der Waals surface area contributed by atoms with Crippen molar-refractivity contribution in [2.24, 2.45) is 5.73 Å². The first-order chi connectivity index (χ1) is 13.9. The van der Waals surface area contributed by atoms with E-state index in [1.165, 1.54) is 6.07 Å². The minimum atomic E-state index is -0.832. The van der Waals surface area contributed by atoms with Crippen molar-refractivity contribution in [3.05, 3.63) is 52.5 Å². The Kier molecular flexibility index (Phi) is 7.40. The second kappa shape index (κ2) is 10.00. The molecule has 1 heterocycles. The van der Waals surface area contributed by atoms with Gasteiger partial charge in [-0.3, -0.25) is 4.84 Å². The molecule has 1 aliphatic heterocycles. The lowest BCUT2D eigenvalue weighted by Gasteiger charge is -2.20. The van der Waals surface area contributed by atoms with Crippen molar-refractivity contribution in [1.82, 2.24) is 5.06 Å². The highest BCUT2D eigenvalue weighted by Gasteiger charge is 2.27. The fourth-order valence-electron chi connectivity index (χ4n) is 2.76. The third-order valence-corrected chi connectivity index (χ3v) is 4.50. The van der Waals surface area contributed by atoms with E-state index in [1.807, 2.05) is 0 Å². The smallest absolute Gasteiger partial charge is 0.316 e. The van der Waals surface area contributed by atoms with Gasteiger partial charge in [0, 0.05) is 10.0 Å². The maximum absolute atomic E-state index is 11.1. The highest BCUT2D eigenvalue weighted by molar-refractivity contribution is 6.31. The molecule has 156 valence electrons. The zero-order chi connectivity index (χ0) is 20.8. The predicted octanol–water partition coefficient (Wildman–Crippen LogP) is 2.92. The molecule has 0 spiro atoms. The third-order valence-electron chi connectivity index (χ3n) is 4.01. The number of amides is 2. The topological polar surface area (TPSA) is 106 Å². The highest BCUT2D eigenvalue weighted by atomic mass is 35.5. The molecule has 4 N–H and O–H groups in total. The van der Waals surface area contributed by atoms with Gasteiger partial charge in [-0.2, -0.15) is 5.06 Å². The molecule has 1 fully saturated rings. The fraction of sp³-hybridized carbons (Fsp3) is 0.316. The van der Waals surface area contributed by atoms with Crippen molar-refractivity contribution >= 4 is 34.9 Å². The summed E-state index contributed by atoms with van der Waals surface area (Å²) in [4.78, 5) is 16.7. The number of hydroxylamine groups is 2. The number of primary amides is 1. The number of nitrogens with zero attached hydrogens (tertiary/aromatic N) is 1. The number of aliphatic hydroxyl groups excluding tert-OH is 1. The fourth-order valence-corrected chi connectivity index (χ4v) is 3.06. The van der Waals surface area contributed by atoms with Crippen molar-refractivity contribution < 1.29 is 24.2 Å². The van der Waals surface area contributed by atoms with Gasteiger partial charge in [-0.1, -0.05) is 23.2 Å². The number of carbonyl (C=O) groups is 1. The van der Waals surface area contributed by atoms with E-state index in [2.05, 4.69) is 5.32 Å². The Morgan fingerprint density at radius 3 is 2.72 bits per heavy atom. The normalized spacial score (nSPS) is 17.7. The first kappa shape index (κ1) is 21.5. The third kappa shape index (κ3) is 6.66. The number of nitrogens with one attached hydrogen (secondary N) is 1. The van der Waals surface area contributed by atoms with Crippen LogP contribution in [0.25, 0.3) is 0 Å². The van der Waals surface area contributed by atoms with Crippen LogP contribution in [0, 0.1) is 0 Å². The van der Waals surface area contributed by atoms with E-state index in [0.717, 1.165) is 0 Å². The molecule has 0 radical (unpaired) electrons. The molecular formula is C19H21Cl2N3O5. The minimum Gasteiger partial charge on any atom is -0.489 e. The van der Waals surface area contributed by atoms with E-state index < -0.39 is 12.1 Å². The number of hydrogen-bond acceptors (Lipinski definition) is 6. The van der Waals surface area contributed by atoms with Gasteiger partial charge in [0.25, 0.3) is 0 Å². The molecule has 0 aromatic heterocycles. The van der Waals surface area contributed by atoms with Crippen LogP contribution in [0.4, 0.5) is 10.5 Å². The highest BCUT2D eigenvalue weighted by Crippen LogP contribution is 2.28. The SMILES string of the molecule is NC(=O)Nc1cc(Cl)ccc1OC[C@@H](O)CN1C[C@@H](Oc2ccc(Cl)cc2)CO1. The molecule has 0 saturated carbocycles. The molecular weight excluding hydrogens is 421 g/mol. The van der Waals surface area contributed by atoms with Crippen molar-refractivity contribution in [2.75, 3.05) is 31.6 Å². The van der Waals surface area contributed by atoms with E-state index in [1.54, 1.807) is 41.5 Å². The van der Waals surface area contributed by atoms with Crippen molar-refractivity contribution in [1.29, 1.82) is 0 Å². The van der Waals surface area contributed by atoms with Gasteiger partial charge < -0.3 is 25.6 Å². The number of nitrogens with two attached hydrogens (primary N) is 1. The summed E-state index contributed by atoms with van der Waals surface area (Å²) in [6.45, 7) is 1.08. The molecule has 8 nitrogen and oxygen atoms in total. The molecule has 2 atom stereocenters. The van der Waals surface area contributed by atoms with Crippen molar-refractivity contribution in [3.63, 3.8) is 0 Å². The van der Waals surface area contributed by atoms with Gasteiger partial charge in [-0.05, 0) is 42.5 Å². The molecule has 0 bridgehead atoms. The first-order valence-corrected chi connectivity index (χ1v) is 9.61. The predicted molar refractivity (Wildman–Crippen MR) is 110 cm³/mol. The number of β-amino-alcohol motifs (C(OH)–C–C–N with tert-alkyl or cyclic N) is 1. The van der Waals surface area contributed by atoms with E-state index >= 15 is 0 Å². The van der Waals surface area contributed by atoms with E-state index in [4.69, 9.17) is 43.2 Å². The summed E-state index contributed by atoms with van der Waals surface area (Å²) < 4.78 is 11.4. The van der Waals surface area contributed by atoms with Crippen LogP contribution < -0.4 is 20.5 Å². The van der Waals surface area contributed by atoms with Crippen molar-refractivity contribution in [2.45, 2.75) is 12.2 Å². The Balaban J connectivity index is 1.46. The summed E-state index contributed by atoms with van der Waals surface area (Å²) in [5.74, 6) is 1.05. The van der Waals surface area contributed by atoms with Crippen LogP contribution in [0.15, 0.2) is 42.5 Å². The zero-order valence-electron chi connectivity index (χ0n) is 15.4. The molecule has 1 saturated heterocycles. The van der Waals surface area contributed by atoms with Crippen LogP contribution in [-0.4, -0.2) is 54.7 Å². The van der Waals surface area contributed by atoms with Crippen LogP contribution >= 0.6 is 23.2 Å². The summed E-state index contributed by atoms with van der Waals surface area (Å²) in [6.07, 6.45) is -0.992. The number of benzene rings is 2. The van der Waals surface area contributed by atoms with E-state index in [0.29, 0.717) is 40.4 Å². The molecule has 0 aliphatic carbocycles. The van der Waals surface area contributed by atoms with Crippen LogP contribution in [0.1, 0.15) is 0 Å². The lowest BCUT2D eigenvalue weighted by Crippen LogP contribution is -2.34. The summed E-state index contributed by atoms with van der Waals surface area (Å²) in [5, 5.41) is 15.4. The summed E-state index contributed by atoms with van der Waals surface area (Å²) in [6, 6.07) is 11.0. The zero-order valence-corrected chi connectivity index (χ0v) is 16.9. The van der Waals surface area contributed by atoms with Crippen LogP contribution in [0.5, 0.6) is 11.5 Å². The number of halogens is 2. The monoisotopic (exact) mass is 441 g/mol. The Morgan fingerprint density at radius 2 is 2.00 bits per heavy atom. The van der Waals surface area contributed by atoms with Crippen molar-refractivity contribution in [3.8, 4) is 11.5 Å². The number of aliphatic hydroxyl groups is 1. The molecule has 0 unspecified atom stereocenters. The van der Waals surface area contributed by atoms with Gasteiger partial charge in [-0.15, -0.1) is 0 Å². The number of urea groups is 1. The van der Waals surface area contributed by atoms with Gasteiger partial charge >= 0.3 is 6.03 Å². The summed E-state index contributed by atoms with van der Waals surface area (Å²) >= 11 is 11.8. The molecule has 2 amide bonds. The van der Waals surface area contributed by atoms with Crippen LogP contribution in [-0.2, 0) is 4.84 Å². The molecule has 2 aromatic rings. The number of anilines is 1. The first-order valence-electron chi connectivity index (χ1n) is 8.86. The second-order valence-electron chi connectivity index (χ2n) is 6.43. The van der Waals surface area contributed by atoms with Gasteiger partial charge in [0.05, 0.1) is 18.8 Å². The summed E-state index contributed by atoms with van der Waals surface area (Å²) in [7, 11) is 0. The van der Waals surface area contributed by atoms with Gasteiger partial charge in [0.15, 0.2) is 0 Å². The molecule has 2 aromatic carbocycles. The van der Waals surface area contributed by atoms with E-state index in [-0.39, 0.29) is 19.3 Å². The number of carbonyl (C=O) groups excluding carboxylic acids is 1. The Hall–Kier alpha value is -2.23. The standard InChI is InChI=1S/C19H21Cl2N3O5/c20-12-1-4-15(5-2-12)29-16-9-24(28-11-16)8-14(25)10-27-18-6-3-13(21)7-17(18)23-19(22)26/h1-7,14,16,25H,8-11H2,(H3,22,23,26)/t14-,16+/m0/s1. The quantitative estimate of drug-likeness (QED) is 0.581. The number of hydrogen-bond donors (Lipinski definition) is 3. The second-order valence-corrected chi connectivity index (χ2v) is 7.30. The molecule has 10 heteroatoms. The summed E-state index contributed by atoms with van der Waals surface area (Å²) in [5.41, 5.74) is 5.47. The maximum atomic E-state index is 11.1. The Labute approximate surface area is 178 Å². The maximum Gasteiger partial charge on any atom is 0.316 e. The van der Waals surface area contributed by atoms with Crippen LogP contribution in [0.3, 0.4) is 0 Å². The van der Waals surface area contributed by atoms with E-state index in [9.17, 15) is 9.90 Å². The van der Waals surface area contributed by atoms with Gasteiger partial charge in [0.1, 0.15) is 36.9 Å². The lowest BCUT2D eigenvalue weighted by molar-refractivity contribution is -0.131. The van der Waals surface area contributed by atoms with Gasteiger partial charge in [0.2, 0.25) is 0 Å². The average molecular weight is 442 g/mol. The van der Waals surface area contributed by atoms with Gasteiger partial charge in [-0.25, -0.2) is 4.79 Å². The Bertz CT molecular complexity index is 837. The minimum absolute atomic E-state index is 0.0162. The molecule has 29 heavy (non-hydrogen) atoms. The number of ether oxygens (including phenoxy) is 2. The largest absolute Gasteiger partial charge is 0.489 e. The Morgan fingerprint density at radius 1 is 1.28 bits per heavy atom. The molecule has 1 aliphatic rings. The molecule has 3 rings (SSSR count). The lowest BCUT2D eigenvalue weighted by atomic mass is 10.3. The van der Waals surface area contributed by atoms with Crippen LogP contribution in [0.2, 0.25) is 10.0 Å².